The third kappa shape index (κ3) is 2.82. The predicted molar refractivity (Wildman–Crippen MR) is 64.6 cm³/mol. The molecule has 1 aliphatic heterocycles. The molecule has 1 fully saturated rings. The standard InChI is InChI=1S/C11H13BrO2S/c12-11-4-2-1-3-10(11)7-9-5-6-15(13,14)8-9/h1-4,9H,5-8H2. The van der Waals surface area contributed by atoms with E-state index in [4.69, 9.17) is 0 Å². The molecule has 0 bridgehead atoms. The highest BCUT2D eigenvalue weighted by molar-refractivity contribution is 9.10. The third-order valence-corrected chi connectivity index (χ3v) is 5.40. The van der Waals surface area contributed by atoms with Gasteiger partial charge in [-0.05, 0) is 30.4 Å². The van der Waals surface area contributed by atoms with Crippen molar-refractivity contribution in [3.8, 4) is 0 Å². The Hall–Kier alpha value is -0.350. The average Bonchev–Trinajstić information content (AvgIpc) is 2.50. The lowest BCUT2D eigenvalue weighted by atomic mass is 9.99. The zero-order chi connectivity index (χ0) is 10.9. The largest absolute Gasteiger partial charge is 0.229 e. The molecular weight excluding hydrogens is 276 g/mol. The first-order valence-electron chi connectivity index (χ1n) is 5.01. The van der Waals surface area contributed by atoms with E-state index in [2.05, 4.69) is 22.0 Å². The molecule has 1 aromatic rings. The summed E-state index contributed by atoms with van der Waals surface area (Å²) in [5, 5.41) is 0. The van der Waals surface area contributed by atoms with E-state index >= 15 is 0 Å². The maximum Gasteiger partial charge on any atom is 0.150 e. The summed E-state index contributed by atoms with van der Waals surface area (Å²) in [6, 6.07) is 8.01. The van der Waals surface area contributed by atoms with Gasteiger partial charge in [0.1, 0.15) is 0 Å². The summed E-state index contributed by atoms with van der Waals surface area (Å²) in [6.07, 6.45) is 1.67. The van der Waals surface area contributed by atoms with E-state index in [9.17, 15) is 8.42 Å². The first-order valence-corrected chi connectivity index (χ1v) is 7.62. The van der Waals surface area contributed by atoms with Crippen LogP contribution in [0, 0.1) is 5.92 Å². The van der Waals surface area contributed by atoms with Crippen LogP contribution in [0.25, 0.3) is 0 Å². The van der Waals surface area contributed by atoms with E-state index in [1.165, 1.54) is 5.56 Å². The van der Waals surface area contributed by atoms with Crippen molar-refractivity contribution in [2.24, 2.45) is 5.92 Å². The minimum atomic E-state index is -2.74. The molecule has 1 saturated heterocycles. The Morgan fingerprint density at radius 3 is 2.67 bits per heavy atom. The van der Waals surface area contributed by atoms with Gasteiger partial charge in [0.15, 0.2) is 9.84 Å². The van der Waals surface area contributed by atoms with Gasteiger partial charge < -0.3 is 0 Å². The highest BCUT2D eigenvalue weighted by atomic mass is 79.9. The lowest BCUT2D eigenvalue weighted by Crippen LogP contribution is -2.07. The van der Waals surface area contributed by atoms with Crippen LogP contribution in [-0.2, 0) is 16.3 Å². The minimum Gasteiger partial charge on any atom is -0.229 e. The van der Waals surface area contributed by atoms with Gasteiger partial charge in [-0.3, -0.25) is 0 Å². The molecule has 4 heteroatoms. The fraction of sp³-hybridized carbons (Fsp3) is 0.455. The molecule has 1 heterocycles. The predicted octanol–water partition coefficient (Wildman–Crippen LogP) is 2.43. The zero-order valence-corrected chi connectivity index (χ0v) is 10.7. The van der Waals surface area contributed by atoms with Crippen molar-refractivity contribution in [2.45, 2.75) is 12.8 Å². The number of sulfone groups is 1. The molecule has 0 aromatic heterocycles. The van der Waals surface area contributed by atoms with Gasteiger partial charge in [-0.15, -0.1) is 0 Å². The van der Waals surface area contributed by atoms with Crippen molar-refractivity contribution in [3.63, 3.8) is 0 Å². The van der Waals surface area contributed by atoms with Gasteiger partial charge in [-0.2, -0.15) is 0 Å². The van der Waals surface area contributed by atoms with Crippen molar-refractivity contribution in [1.82, 2.24) is 0 Å². The Bertz CT molecular complexity index is 453. The van der Waals surface area contributed by atoms with Crippen LogP contribution in [0.4, 0.5) is 0 Å². The van der Waals surface area contributed by atoms with E-state index in [1.54, 1.807) is 0 Å². The number of halogens is 1. The lowest BCUT2D eigenvalue weighted by molar-refractivity contribution is 0.582. The molecule has 1 atom stereocenters. The first-order chi connectivity index (χ1) is 7.07. The molecule has 15 heavy (non-hydrogen) atoms. The second-order valence-electron chi connectivity index (χ2n) is 4.06. The maximum atomic E-state index is 11.3. The Morgan fingerprint density at radius 1 is 1.33 bits per heavy atom. The summed E-state index contributed by atoms with van der Waals surface area (Å²) >= 11 is 3.48. The molecule has 0 N–H and O–H groups in total. The van der Waals surface area contributed by atoms with E-state index in [-0.39, 0.29) is 0 Å². The minimum absolute atomic E-state index is 0.300. The van der Waals surface area contributed by atoms with Gasteiger partial charge in [0.05, 0.1) is 11.5 Å². The monoisotopic (exact) mass is 288 g/mol. The fourth-order valence-corrected chi connectivity index (χ4v) is 4.32. The molecule has 1 aromatic carbocycles. The molecule has 2 rings (SSSR count). The van der Waals surface area contributed by atoms with Gasteiger partial charge in [-0.1, -0.05) is 34.1 Å². The summed E-state index contributed by atoms with van der Waals surface area (Å²) in [7, 11) is -2.74. The van der Waals surface area contributed by atoms with Crippen LogP contribution >= 0.6 is 15.9 Å². The van der Waals surface area contributed by atoms with Crippen LogP contribution in [0.15, 0.2) is 28.7 Å². The van der Waals surface area contributed by atoms with Crippen LogP contribution in [0.3, 0.4) is 0 Å². The first kappa shape index (κ1) is 11.1. The topological polar surface area (TPSA) is 34.1 Å². The quantitative estimate of drug-likeness (QED) is 0.838. The molecule has 2 nitrogen and oxygen atoms in total. The Kier molecular flexibility index (Phi) is 3.16. The number of hydrogen-bond acceptors (Lipinski definition) is 2. The number of benzene rings is 1. The fourth-order valence-electron chi connectivity index (χ4n) is 2.01. The zero-order valence-electron chi connectivity index (χ0n) is 8.32. The van der Waals surface area contributed by atoms with Gasteiger partial charge in [-0.25, -0.2) is 8.42 Å². The molecule has 0 aliphatic carbocycles. The van der Waals surface area contributed by atoms with E-state index in [1.807, 2.05) is 18.2 Å². The molecule has 82 valence electrons. The maximum absolute atomic E-state index is 11.3. The Balaban J connectivity index is 2.08. The molecular formula is C11H13BrO2S. The second-order valence-corrected chi connectivity index (χ2v) is 7.15. The molecule has 0 spiro atoms. The molecule has 0 saturated carbocycles. The highest BCUT2D eigenvalue weighted by Crippen LogP contribution is 2.26. The summed E-state index contributed by atoms with van der Waals surface area (Å²) < 4.78 is 23.7. The molecule has 1 aliphatic rings. The Morgan fingerprint density at radius 2 is 2.07 bits per heavy atom. The smallest absolute Gasteiger partial charge is 0.150 e. The average molecular weight is 289 g/mol. The van der Waals surface area contributed by atoms with Crippen LogP contribution in [-0.4, -0.2) is 19.9 Å². The van der Waals surface area contributed by atoms with Crippen molar-refractivity contribution < 1.29 is 8.42 Å². The van der Waals surface area contributed by atoms with E-state index < -0.39 is 9.84 Å². The molecule has 0 amide bonds. The van der Waals surface area contributed by atoms with Crippen molar-refractivity contribution in [2.75, 3.05) is 11.5 Å². The van der Waals surface area contributed by atoms with Crippen LogP contribution < -0.4 is 0 Å². The van der Waals surface area contributed by atoms with Crippen molar-refractivity contribution in [1.29, 1.82) is 0 Å². The summed E-state index contributed by atoms with van der Waals surface area (Å²) in [6.45, 7) is 0. The second kappa shape index (κ2) is 4.26. The summed E-state index contributed by atoms with van der Waals surface area (Å²) in [5.41, 5.74) is 1.21. The Labute approximate surface area is 98.7 Å². The third-order valence-electron chi connectivity index (χ3n) is 2.79. The van der Waals surface area contributed by atoms with Gasteiger partial charge in [0.2, 0.25) is 0 Å². The van der Waals surface area contributed by atoms with E-state index in [0.29, 0.717) is 17.4 Å². The van der Waals surface area contributed by atoms with Crippen molar-refractivity contribution in [3.05, 3.63) is 34.3 Å². The van der Waals surface area contributed by atoms with Crippen LogP contribution in [0.5, 0.6) is 0 Å². The molecule has 1 unspecified atom stereocenters. The van der Waals surface area contributed by atoms with Crippen LogP contribution in [0.1, 0.15) is 12.0 Å². The summed E-state index contributed by atoms with van der Waals surface area (Å²) in [5.74, 6) is 1.02. The summed E-state index contributed by atoms with van der Waals surface area (Å²) in [4.78, 5) is 0. The van der Waals surface area contributed by atoms with Gasteiger partial charge in [0, 0.05) is 4.47 Å². The van der Waals surface area contributed by atoms with Gasteiger partial charge in [0.25, 0.3) is 0 Å². The number of hydrogen-bond donors (Lipinski definition) is 0. The lowest BCUT2D eigenvalue weighted by Gasteiger charge is -2.08. The van der Waals surface area contributed by atoms with E-state index in [0.717, 1.165) is 17.3 Å². The van der Waals surface area contributed by atoms with Crippen molar-refractivity contribution >= 4 is 25.8 Å². The van der Waals surface area contributed by atoms with Crippen LogP contribution in [0.2, 0.25) is 0 Å². The molecule has 0 radical (unpaired) electrons. The SMILES string of the molecule is O=S1(=O)CCC(Cc2ccccc2Br)C1. The number of rotatable bonds is 2. The normalized spacial score (nSPS) is 24.2. The van der Waals surface area contributed by atoms with Gasteiger partial charge >= 0.3 is 0 Å². The highest BCUT2D eigenvalue weighted by Gasteiger charge is 2.27.